The minimum Gasteiger partial charge on any atom is -0.491 e. The minimum atomic E-state index is 0.0484. The van der Waals surface area contributed by atoms with Crippen LogP contribution in [0.5, 0.6) is 11.5 Å². The topological polar surface area (TPSA) is 58.9 Å². The van der Waals surface area contributed by atoms with Crippen molar-refractivity contribution in [3.05, 3.63) is 72.8 Å². The summed E-state index contributed by atoms with van der Waals surface area (Å²) in [5.41, 5.74) is 0. The maximum atomic E-state index is 8.62. The summed E-state index contributed by atoms with van der Waals surface area (Å²) in [6, 6.07) is 23.4. The van der Waals surface area contributed by atoms with Gasteiger partial charge in [0.25, 0.3) is 0 Å². The Labute approximate surface area is 141 Å². The van der Waals surface area contributed by atoms with Crippen molar-refractivity contribution in [3.8, 4) is 11.5 Å². The molecule has 0 amide bonds. The van der Waals surface area contributed by atoms with Crippen molar-refractivity contribution >= 4 is 10.8 Å². The summed E-state index contributed by atoms with van der Waals surface area (Å²) in [5.74, 6) is 1.61. The molecule has 3 aromatic carbocycles. The summed E-state index contributed by atoms with van der Waals surface area (Å²) in [5, 5.41) is 19.4. The molecule has 4 heteroatoms. The lowest BCUT2D eigenvalue weighted by molar-refractivity contribution is 0.201. The van der Waals surface area contributed by atoms with E-state index in [0.29, 0.717) is 13.2 Å². The maximum Gasteiger partial charge on any atom is 0.120 e. The third kappa shape index (κ3) is 5.91. The molecule has 3 rings (SSSR count). The highest BCUT2D eigenvalue weighted by Gasteiger charge is 1.95. The van der Waals surface area contributed by atoms with Gasteiger partial charge in [-0.05, 0) is 35.0 Å². The highest BCUT2D eigenvalue weighted by molar-refractivity contribution is 5.83. The predicted octanol–water partition coefficient (Wildman–Crippen LogP) is 3.27. The molecule has 126 valence electrons. The van der Waals surface area contributed by atoms with E-state index >= 15 is 0 Å². The zero-order valence-electron chi connectivity index (χ0n) is 13.5. The molecule has 0 unspecified atom stereocenters. The number of ether oxygens (including phenoxy) is 2. The van der Waals surface area contributed by atoms with Crippen LogP contribution in [0, 0.1) is 0 Å². The Balaban J connectivity index is 0.000000185. The Hall–Kier alpha value is -2.56. The molecular weight excluding hydrogens is 304 g/mol. The number of aliphatic hydroxyl groups excluding tert-OH is 2. The summed E-state index contributed by atoms with van der Waals surface area (Å²) in [4.78, 5) is 0. The van der Waals surface area contributed by atoms with Gasteiger partial charge in [0.1, 0.15) is 24.7 Å². The maximum absolute atomic E-state index is 8.62. The van der Waals surface area contributed by atoms with E-state index in [1.54, 1.807) is 0 Å². The molecular formula is C20H22O4. The SMILES string of the molecule is OCCOc1ccc2ccccc2c1.OCCOc1ccccc1. The van der Waals surface area contributed by atoms with Crippen LogP contribution in [0.25, 0.3) is 10.8 Å². The number of fused-ring (bicyclic) bond motifs is 1. The molecule has 0 aromatic heterocycles. The first kappa shape index (κ1) is 17.8. The molecule has 0 spiro atoms. The molecule has 0 saturated carbocycles. The molecule has 0 saturated heterocycles. The Morgan fingerprint density at radius 3 is 1.83 bits per heavy atom. The largest absolute Gasteiger partial charge is 0.491 e. The quantitative estimate of drug-likeness (QED) is 0.730. The predicted molar refractivity (Wildman–Crippen MR) is 95.6 cm³/mol. The van der Waals surface area contributed by atoms with Crippen molar-refractivity contribution in [2.24, 2.45) is 0 Å². The van der Waals surface area contributed by atoms with Crippen LogP contribution in [0.4, 0.5) is 0 Å². The van der Waals surface area contributed by atoms with Crippen molar-refractivity contribution in [1.82, 2.24) is 0 Å². The van der Waals surface area contributed by atoms with Crippen molar-refractivity contribution in [2.75, 3.05) is 26.4 Å². The molecule has 0 aliphatic carbocycles. The van der Waals surface area contributed by atoms with Gasteiger partial charge in [0.15, 0.2) is 0 Å². The zero-order chi connectivity index (χ0) is 17.0. The van der Waals surface area contributed by atoms with Crippen molar-refractivity contribution in [3.63, 3.8) is 0 Å². The third-order valence-electron chi connectivity index (χ3n) is 3.18. The van der Waals surface area contributed by atoms with Crippen LogP contribution < -0.4 is 9.47 Å². The number of para-hydroxylation sites is 1. The van der Waals surface area contributed by atoms with E-state index in [1.807, 2.05) is 66.7 Å². The second kappa shape index (κ2) is 10.3. The number of aliphatic hydroxyl groups is 2. The molecule has 0 atom stereocenters. The van der Waals surface area contributed by atoms with Crippen LogP contribution in [-0.2, 0) is 0 Å². The van der Waals surface area contributed by atoms with Crippen LogP contribution in [0.3, 0.4) is 0 Å². The van der Waals surface area contributed by atoms with Gasteiger partial charge in [-0.1, -0.05) is 48.5 Å². The number of hydrogen-bond acceptors (Lipinski definition) is 4. The van der Waals surface area contributed by atoms with Crippen molar-refractivity contribution < 1.29 is 19.7 Å². The van der Waals surface area contributed by atoms with E-state index < -0.39 is 0 Å². The molecule has 0 fully saturated rings. The van der Waals surface area contributed by atoms with Gasteiger partial charge in [-0.15, -0.1) is 0 Å². The fraction of sp³-hybridized carbons (Fsp3) is 0.200. The molecule has 0 aliphatic heterocycles. The van der Waals surface area contributed by atoms with Crippen LogP contribution >= 0.6 is 0 Å². The zero-order valence-corrected chi connectivity index (χ0v) is 13.5. The van der Waals surface area contributed by atoms with Crippen molar-refractivity contribution in [2.45, 2.75) is 0 Å². The standard InChI is InChI=1S/C12H12O2.C8H10O2/c13-7-8-14-12-6-5-10-3-1-2-4-11(10)9-12;9-6-7-10-8-4-2-1-3-5-8/h1-6,9,13H,7-8H2;1-5,9H,6-7H2. The summed E-state index contributed by atoms with van der Waals surface area (Å²) < 4.78 is 10.4. The molecule has 0 bridgehead atoms. The Morgan fingerprint density at radius 1 is 0.583 bits per heavy atom. The van der Waals surface area contributed by atoms with Gasteiger partial charge in [-0.2, -0.15) is 0 Å². The minimum absolute atomic E-state index is 0.0484. The van der Waals surface area contributed by atoms with E-state index in [1.165, 1.54) is 5.39 Å². The monoisotopic (exact) mass is 326 g/mol. The second-order valence-electron chi connectivity index (χ2n) is 4.97. The first-order chi connectivity index (χ1) is 11.8. The molecule has 0 aliphatic rings. The van der Waals surface area contributed by atoms with Crippen LogP contribution in [0.1, 0.15) is 0 Å². The van der Waals surface area contributed by atoms with Crippen LogP contribution in [-0.4, -0.2) is 36.6 Å². The molecule has 0 heterocycles. The summed E-state index contributed by atoms with van der Waals surface area (Å²) in [6.07, 6.45) is 0. The van der Waals surface area contributed by atoms with E-state index in [4.69, 9.17) is 19.7 Å². The first-order valence-corrected chi connectivity index (χ1v) is 7.84. The molecule has 0 radical (unpaired) electrons. The van der Waals surface area contributed by atoms with Crippen molar-refractivity contribution in [1.29, 1.82) is 0 Å². The van der Waals surface area contributed by atoms with Crippen LogP contribution in [0.15, 0.2) is 72.8 Å². The lowest BCUT2D eigenvalue weighted by atomic mass is 10.1. The summed E-state index contributed by atoms with van der Waals surface area (Å²) >= 11 is 0. The molecule has 2 N–H and O–H groups in total. The number of hydrogen-bond donors (Lipinski definition) is 2. The normalized spacial score (nSPS) is 9.92. The third-order valence-corrected chi connectivity index (χ3v) is 3.18. The summed E-state index contributed by atoms with van der Waals surface area (Å²) in [7, 11) is 0. The second-order valence-corrected chi connectivity index (χ2v) is 4.97. The fourth-order valence-electron chi connectivity index (χ4n) is 2.10. The smallest absolute Gasteiger partial charge is 0.120 e. The van der Waals surface area contributed by atoms with Gasteiger partial charge in [0.2, 0.25) is 0 Å². The van der Waals surface area contributed by atoms with Gasteiger partial charge in [0.05, 0.1) is 13.2 Å². The molecule has 4 nitrogen and oxygen atoms in total. The lowest BCUT2D eigenvalue weighted by Gasteiger charge is -2.04. The first-order valence-electron chi connectivity index (χ1n) is 7.84. The molecule has 24 heavy (non-hydrogen) atoms. The van der Waals surface area contributed by atoms with E-state index in [0.717, 1.165) is 16.9 Å². The number of rotatable bonds is 6. The highest BCUT2D eigenvalue weighted by Crippen LogP contribution is 2.20. The fourth-order valence-corrected chi connectivity index (χ4v) is 2.10. The highest BCUT2D eigenvalue weighted by atomic mass is 16.5. The van der Waals surface area contributed by atoms with E-state index in [9.17, 15) is 0 Å². The summed E-state index contributed by atoms with van der Waals surface area (Å²) in [6.45, 7) is 0.823. The van der Waals surface area contributed by atoms with Gasteiger partial charge in [-0.3, -0.25) is 0 Å². The van der Waals surface area contributed by atoms with Gasteiger partial charge in [-0.25, -0.2) is 0 Å². The average molecular weight is 326 g/mol. The lowest BCUT2D eigenvalue weighted by Crippen LogP contribution is -2.01. The van der Waals surface area contributed by atoms with Gasteiger partial charge in [0, 0.05) is 0 Å². The Bertz CT molecular complexity index is 713. The van der Waals surface area contributed by atoms with Gasteiger partial charge >= 0.3 is 0 Å². The Kier molecular flexibility index (Phi) is 7.60. The van der Waals surface area contributed by atoms with E-state index in [2.05, 4.69) is 6.07 Å². The van der Waals surface area contributed by atoms with Crippen LogP contribution in [0.2, 0.25) is 0 Å². The van der Waals surface area contributed by atoms with Gasteiger partial charge < -0.3 is 19.7 Å². The molecule has 3 aromatic rings. The average Bonchev–Trinajstić information content (AvgIpc) is 2.66. The van der Waals surface area contributed by atoms with E-state index in [-0.39, 0.29) is 13.2 Å². The number of benzene rings is 3. The Morgan fingerprint density at radius 2 is 1.17 bits per heavy atom.